The Kier molecular flexibility index (Phi) is 6.72. The summed E-state index contributed by atoms with van der Waals surface area (Å²) >= 11 is 1.79. The molecule has 1 fully saturated rings. The van der Waals surface area contributed by atoms with E-state index in [4.69, 9.17) is 0 Å². The fourth-order valence-corrected chi connectivity index (χ4v) is 4.57. The zero-order valence-electron chi connectivity index (χ0n) is 16.8. The Morgan fingerprint density at radius 2 is 1.74 bits per heavy atom. The second-order valence-corrected chi connectivity index (χ2v) is 9.50. The molecule has 4 heteroatoms. The predicted octanol–water partition coefficient (Wildman–Crippen LogP) is 5.39. The van der Waals surface area contributed by atoms with Crippen LogP contribution in [0.3, 0.4) is 0 Å². The van der Waals surface area contributed by atoms with Crippen LogP contribution in [0.15, 0.2) is 41.8 Å². The minimum absolute atomic E-state index is 0.0202. The van der Waals surface area contributed by atoms with E-state index in [9.17, 15) is 4.79 Å². The van der Waals surface area contributed by atoms with Crippen LogP contribution in [0.5, 0.6) is 0 Å². The maximum atomic E-state index is 12.7. The summed E-state index contributed by atoms with van der Waals surface area (Å²) in [6.07, 6.45) is 5.15. The van der Waals surface area contributed by atoms with E-state index >= 15 is 0 Å². The number of rotatable bonds is 5. The molecule has 1 aromatic carbocycles. The summed E-state index contributed by atoms with van der Waals surface area (Å²) in [7, 11) is 0. The zero-order chi connectivity index (χ0) is 19.3. The molecule has 1 aromatic heterocycles. The zero-order valence-corrected chi connectivity index (χ0v) is 17.6. The van der Waals surface area contributed by atoms with E-state index in [0.29, 0.717) is 6.54 Å². The molecule has 2 heterocycles. The lowest BCUT2D eigenvalue weighted by molar-refractivity contribution is 0.0934. The summed E-state index contributed by atoms with van der Waals surface area (Å²) in [5.41, 5.74) is 2.09. The highest BCUT2D eigenvalue weighted by Crippen LogP contribution is 2.27. The third-order valence-electron chi connectivity index (χ3n) is 5.42. The van der Waals surface area contributed by atoms with Crippen molar-refractivity contribution in [3.8, 4) is 0 Å². The van der Waals surface area contributed by atoms with Crippen molar-refractivity contribution in [1.82, 2.24) is 10.2 Å². The van der Waals surface area contributed by atoms with Gasteiger partial charge in [-0.15, -0.1) is 11.3 Å². The number of nitrogens with zero attached hydrogens (tertiary/aromatic N) is 1. The molecule has 0 saturated carbocycles. The average Bonchev–Trinajstić information content (AvgIpc) is 3.04. The lowest BCUT2D eigenvalue weighted by Crippen LogP contribution is -2.38. The van der Waals surface area contributed by atoms with Gasteiger partial charge in [-0.05, 0) is 60.5 Å². The number of carbonyl (C=O) groups excluding carboxylic acids is 1. The van der Waals surface area contributed by atoms with Crippen LogP contribution < -0.4 is 5.32 Å². The largest absolute Gasteiger partial charge is 0.350 e. The fraction of sp³-hybridized carbons (Fsp3) is 0.522. The summed E-state index contributed by atoms with van der Waals surface area (Å²) in [5.74, 6) is 0.0202. The van der Waals surface area contributed by atoms with E-state index in [1.807, 2.05) is 12.1 Å². The van der Waals surface area contributed by atoms with Crippen molar-refractivity contribution < 1.29 is 4.79 Å². The van der Waals surface area contributed by atoms with Crippen LogP contribution in [0, 0.1) is 0 Å². The quantitative estimate of drug-likeness (QED) is 0.749. The van der Waals surface area contributed by atoms with Gasteiger partial charge in [0.05, 0.1) is 6.04 Å². The van der Waals surface area contributed by atoms with Gasteiger partial charge in [0, 0.05) is 17.0 Å². The maximum Gasteiger partial charge on any atom is 0.251 e. The summed E-state index contributed by atoms with van der Waals surface area (Å²) in [6.45, 7) is 9.48. The molecule has 27 heavy (non-hydrogen) atoms. The Labute approximate surface area is 167 Å². The van der Waals surface area contributed by atoms with Crippen LogP contribution in [0.25, 0.3) is 0 Å². The summed E-state index contributed by atoms with van der Waals surface area (Å²) in [6, 6.07) is 12.6. The third kappa shape index (κ3) is 5.43. The molecule has 0 aliphatic carbocycles. The van der Waals surface area contributed by atoms with Gasteiger partial charge in [0.1, 0.15) is 0 Å². The molecule has 0 unspecified atom stereocenters. The van der Waals surface area contributed by atoms with Gasteiger partial charge in [0.2, 0.25) is 0 Å². The molecule has 1 atom stereocenters. The first-order valence-electron chi connectivity index (χ1n) is 10.1. The van der Waals surface area contributed by atoms with Crippen LogP contribution >= 0.6 is 11.3 Å². The van der Waals surface area contributed by atoms with E-state index in [1.54, 1.807) is 11.3 Å². The molecular weight excluding hydrogens is 352 g/mol. The number of likely N-dealkylation sites (tertiary alicyclic amines) is 1. The van der Waals surface area contributed by atoms with Crippen molar-refractivity contribution in [1.29, 1.82) is 0 Å². The normalized spacial score (nSPS) is 17.3. The van der Waals surface area contributed by atoms with Crippen molar-refractivity contribution in [3.63, 3.8) is 0 Å². The van der Waals surface area contributed by atoms with Gasteiger partial charge in [-0.1, -0.05) is 51.8 Å². The monoisotopic (exact) mass is 384 g/mol. The van der Waals surface area contributed by atoms with Crippen molar-refractivity contribution >= 4 is 17.2 Å². The summed E-state index contributed by atoms with van der Waals surface area (Å²) < 4.78 is 0. The summed E-state index contributed by atoms with van der Waals surface area (Å²) in [4.78, 5) is 16.6. The van der Waals surface area contributed by atoms with Crippen LogP contribution in [0.2, 0.25) is 0 Å². The highest BCUT2D eigenvalue weighted by atomic mass is 32.1. The molecule has 2 aromatic rings. The van der Waals surface area contributed by atoms with Gasteiger partial charge >= 0.3 is 0 Å². The molecule has 1 N–H and O–H groups in total. The number of nitrogens with one attached hydrogen (secondary N) is 1. The number of thiophene rings is 1. The molecule has 0 bridgehead atoms. The van der Waals surface area contributed by atoms with E-state index in [0.717, 1.165) is 18.7 Å². The number of hydrogen-bond acceptors (Lipinski definition) is 3. The SMILES string of the molecule is CC(C)(C)c1ccc(C(=O)NC[C@@H](c2cccs2)N2CCCCCC2)cc1. The van der Waals surface area contributed by atoms with Crippen LogP contribution in [-0.2, 0) is 5.41 Å². The van der Waals surface area contributed by atoms with Crippen molar-refractivity contribution in [2.45, 2.75) is 57.9 Å². The lowest BCUT2D eigenvalue weighted by Gasteiger charge is -2.30. The molecule has 0 radical (unpaired) electrons. The smallest absolute Gasteiger partial charge is 0.251 e. The molecule has 1 amide bonds. The first-order valence-corrected chi connectivity index (χ1v) is 11.0. The van der Waals surface area contributed by atoms with Gasteiger partial charge in [0.15, 0.2) is 0 Å². The number of amides is 1. The van der Waals surface area contributed by atoms with Gasteiger partial charge in [-0.2, -0.15) is 0 Å². The Balaban J connectivity index is 1.66. The molecule has 146 valence electrons. The van der Waals surface area contributed by atoms with E-state index < -0.39 is 0 Å². The van der Waals surface area contributed by atoms with Crippen molar-refractivity contribution in [3.05, 3.63) is 57.8 Å². The Morgan fingerprint density at radius 3 is 2.30 bits per heavy atom. The molecule has 1 aliphatic rings. The van der Waals surface area contributed by atoms with Gasteiger partial charge in [0.25, 0.3) is 5.91 Å². The number of carbonyl (C=O) groups is 1. The van der Waals surface area contributed by atoms with E-state index in [2.05, 4.69) is 60.6 Å². The van der Waals surface area contributed by atoms with E-state index in [-0.39, 0.29) is 17.4 Å². The highest BCUT2D eigenvalue weighted by molar-refractivity contribution is 7.10. The first kappa shape index (κ1) is 20.1. The third-order valence-corrected chi connectivity index (χ3v) is 6.40. The van der Waals surface area contributed by atoms with Crippen LogP contribution in [-0.4, -0.2) is 30.4 Å². The first-order chi connectivity index (χ1) is 12.9. The topological polar surface area (TPSA) is 32.3 Å². The Hall–Kier alpha value is -1.65. The van der Waals surface area contributed by atoms with Crippen molar-refractivity contribution in [2.24, 2.45) is 0 Å². The minimum Gasteiger partial charge on any atom is -0.350 e. The molecule has 3 nitrogen and oxygen atoms in total. The molecule has 3 rings (SSSR count). The lowest BCUT2D eigenvalue weighted by atomic mass is 9.87. The molecule has 0 spiro atoms. The molecule has 1 saturated heterocycles. The fourth-order valence-electron chi connectivity index (χ4n) is 3.71. The van der Waals surface area contributed by atoms with Crippen LogP contribution in [0.4, 0.5) is 0 Å². The molecule has 1 aliphatic heterocycles. The second-order valence-electron chi connectivity index (χ2n) is 8.52. The van der Waals surface area contributed by atoms with Gasteiger partial charge < -0.3 is 5.32 Å². The average molecular weight is 385 g/mol. The van der Waals surface area contributed by atoms with Crippen LogP contribution in [0.1, 0.15) is 73.3 Å². The highest BCUT2D eigenvalue weighted by Gasteiger charge is 2.23. The van der Waals surface area contributed by atoms with Gasteiger partial charge in [-0.3, -0.25) is 9.69 Å². The molecular formula is C23H32N2OS. The summed E-state index contributed by atoms with van der Waals surface area (Å²) in [5, 5.41) is 5.32. The minimum atomic E-state index is 0.0202. The maximum absolute atomic E-state index is 12.7. The Bertz CT molecular complexity index is 708. The van der Waals surface area contributed by atoms with Gasteiger partial charge in [-0.25, -0.2) is 0 Å². The standard InChI is InChI=1S/C23H32N2OS/c1-23(2,3)19-12-10-18(11-13-19)22(26)24-17-20(21-9-8-16-27-21)25-14-6-4-5-7-15-25/h8-13,16,20H,4-7,14-15,17H2,1-3H3,(H,24,26)/t20-/m0/s1. The number of hydrogen-bond donors (Lipinski definition) is 1. The van der Waals surface area contributed by atoms with E-state index in [1.165, 1.54) is 36.1 Å². The number of benzene rings is 1. The van der Waals surface area contributed by atoms with Crippen molar-refractivity contribution in [2.75, 3.05) is 19.6 Å². The Morgan fingerprint density at radius 1 is 1.07 bits per heavy atom. The predicted molar refractivity (Wildman–Crippen MR) is 115 cm³/mol. The second kappa shape index (κ2) is 9.03.